The zero-order chi connectivity index (χ0) is 10.1. The van der Waals surface area contributed by atoms with Crippen molar-refractivity contribution in [3.8, 4) is 0 Å². The smallest absolute Gasteiger partial charge is 0.0813 e. The molecule has 2 heteroatoms. The average Bonchev–Trinajstić information content (AvgIpc) is 3.16. The molecule has 1 aliphatic carbocycles. The van der Waals surface area contributed by atoms with Crippen molar-refractivity contribution in [2.24, 2.45) is 5.92 Å². The summed E-state index contributed by atoms with van der Waals surface area (Å²) in [6, 6.07) is 10.4. The van der Waals surface area contributed by atoms with Gasteiger partial charge in [0.25, 0.3) is 0 Å². The van der Waals surface area contributed by atoms with Crippen LogP contribution in [0, 0.1) is 5.92 Å². The van der Waals surface area contributed by atoms with Gasteiger partial charge in [0, 0.05) is 0 Å². The molecule has 0 aromatic heterocycles. The SMILES string of the molecule is c1ccc(COC2CC2CC2CO2)cc1. The van der Waals surface area contributed by atoms with Gasteiger partial charge in [0.1, 0.15) is 0 Å². The van der Waals surface area contributed by atoms with E-state index in [4.69, 9.17) is 9.47 Å². The molecule has 1 aromatic carbocycles. The summed E-state index contributed by atoms with van der Waals surface area (Å²) >= 11 is 0. The first-order valence-corrected chi connectivity index (χ1v) is 5.69. The van der Waals surface area contributed by atoms with Gasteiger partial charge in [0.05, 0.1) is 25.4 Å². The highest BCUT2D eigenvalue weighted by Crippen LogP contribution is 2.40. The van der Waals surface area contributed by atoms with E-state index in [-0.39, 0.29) is 0 Å². The van der Waals surface area contributed by atoms with Crippen molar-refractivity contribution in [2.75, 3.05) is 6.61 Å². The minimum Gasteiger partial charge on any atom is -0.373 e. The predicted octanol–water partition coefficient (Wildman–Crippen LogP) is 2.38. The lowest BCUT2D eigenvalue weighted by Gasteiger charge is -2.02. The van der Waals surface area contributed by atoms with Crippen molar-refractivity contribution in [3.63, 3.8) is 0 Å². The molecule has 0 spiro atoms. The van der Waals surface area contributed by atoms with Gasteiger partial charge in [-0.2, -0.15) is 0 Å². The van der Waals surface area contributed by atoms with Gasteiger partial charge >= 0.3 is 0 Å². The first-order valence-electron chi connectivity index (χ1n) is 5.69. The van der Waals surface area contributed by atoms with Crippen LogP contribution >= 0.6 is 0 Å². The zero-order valence-corrected chi connectivity index (χ0v) is 8.76. The number of benzene rings is 1. The Morgan fingerprint density at radius 1 is 1.27 bits per heavy atom. The first kappa shape index (κ1) is 9.37. The molecule has 0 radical (unpaired) electrons. The normalized spacial score (nSPS) is 32.7. The van der Waals surface area contributed by atoms with Gasteiger partial charge in [0.2, 0.25) is 0 Å². The summed E-state index contributed by atoms with van der Waals surface area (Å²) in [5.74, 6) is 0.765. The second-order valence-corrected chi connectivity index (χ2v) is 4.52. The Morgan fingerprint density at radius 3 is 2.80 bits per heavy atom. The average molecular weight is 204 g/mol. The second kappa shape index (κ2) is 3.95. The summed E-state index contributed by atoms with van der Waals surface area (Å²) in [6.45, 7) is 1.73. The maximum Gasteiger partial charge on any atom is 0.0813 e. The maximum atomic E-state index is 5.82. The van der Waals surface area contributed by atoms with E-state index in [0.29, 0.717) is 12.2 Å². The van der Waals surface area contributed by atoms with Gasteiger partial charge in [-0.15, -0.1) is 0 Å². The largest absolute Gasteiger partial charge is 0.373 e. The molecular weight excluding hydrogens is 188 g/mol. The fraction of sp³-hybridized carbons (Fsp3) is 0.538. The number of rotatable bonds is 5. The van der Waals surface area contributed by atoms with Gasteiger partial charge in [-0.25, -0.2) is 0 Å². The van der Waals surface area contributed by atoms with Gasteiger partial charge in [-0.05, 0) is 24.3 Å². The fourth-order valence-electron chi connectivity index (χ4n) is 1.99. The molecule has 3 rings (SSSR count). The molecular formula is C13H16O2. The third-order valence-electron chi connectivity index (χ3n) is 3.13. The monoisotopic (exact) mass is 204 g/mol. The van der Waals surface area contributed by atoms with E-state index in [9.17, 15) is 0 Å². The summed E-state index contributed by atoms with van der Waals surface area (Å²) < 4.78 is 11.0. The number of epoxide rings is 1. The van der Waals surface area contributed by atoms with Crippen molar-refractivity contribution in [2.45, 2.75) is 31.7 Å². The maximum absolute atomic E-state index is 5.82. The Hall–Kier alpha value is -0.860. The molecule has 2 nitrogen and oxygen atoms in total. The Labute approximate surface area is 90.2 Å². The van der Waals surface area contributed by atoms with Crippen molar-refractivity contribution in [1.29, 1.82) is 0 Å². The highest BCUT2D eigenvalue weighted by Gasteiger charge is 2.42. The molecule has 1 saturated heterocycles. The van der Waals surface area contributed by atoms with E-state index in [1.54, 1.807) is 0 Å². The van der Waals surface area contributed by atoms with Crippen LogP contribution in [0.15, 0.2) is 30.3 Å². The van der Waals surface area contributed by atoms with Crippen LogP contribution in [0.3, 0.4) is 0 Å². The van der Waals surface area contributed by atoms with E-state index in [1.807, 2.05) is 6.07 Å². The van der Waals surface area contributed by atoms with E-state index in [2.05, 4.69) is 24.3 Å². The molecule has 1 aliphatic heterocycles. The summed E-state index contributed by atoms with van der Waals surface area (Å²) in [5.41, 5.74) is 1.27. The van der Waals surface area contributed by atoms with Crippen molar-refractivity contribution < 1.29 is 9.47 Å². The number of ether oxygens (including phenoxy) is 2. The summed E-state index contributed by atoms with van der Waals surface area (Å²) in [5, 5.41) is 0. The van der Waals surface area contributed by atoms with Gasteiger partial charge < -0.3 is 9.47 Å². The third-order valence-corrected chi connectivity index (χ3v) is 3.13. The predicted molar refractivity (Wildman–Crippen MR) is 57.5 cm³/mol. The lowest BCUT2D eigenvalue weighted by molar-refractivity contribution is 0.0933. The van der Waals surface area contributed by atoms with Crippen LogP contribution in [-0.4, -0.2) is 18.8 Å². The van der Waals surface area contributed by atoms with E-state index in [0.717, 1.165) is 19.1 Å². The molecule has 0 amide bonds. The summed E-state index contributed by atoms with van der Waals surface area (Å²) in [6.07, 6.45) is 3.49. The standard InChI is InChI=1S/C13H16O2/c1-2-4-10(5-3-1)8-15-13-7-11(13)6-12-9-14-12/h1-5,11-13H,6-9H2. The molecule has 2 aliphatic rings. The Bertz CT molecular complexity index is 319. The second-order valence-electron chi connectivity index (χ2n) is 4.52. The summed E-state index contributed by atoms with van der Waals surface area (Å²) in [4.78, 5) is 0. The quantitative estimate of drug-likeness (QED) is 0.687. The highest BCUT2D eigenvalue weighted by molar-refractivity contribution is 5.13. The van der Waals surface area contributed by atoms with Gasteiger partial charge in [0.15, 0.2) is 0 Å². The van der Waals surface area contributed by atoms with Crippen LogP contribution in [0.2, 0.25) is 0 Å². The fourth-order valence-corrected chi connectivity index (χ4v) is 1.99. The van der Waals surface area contributed by atoms with Crippen LogP contribution < -0.4 is 0 Å². The Kier molecular flexibility index (Phi) is 2.47. The molecule has 15 heavy (non-hydrogen) atoms. The summed E-state index contributed by atoms with van der Waals surface area (Å²) in [7, 11) is 0. The molecule has 80 valence electrons. The molecule has 1 saturated carbocycles. The zero-order valence-electron chi connectivity index (χ0n) is 8.76. The number of hydrogen-bond donors (Lipinski definition) is 0. The minimum absolute atomic E-state index is 0.495. The van der Waals surface area contributed by atoms with E-state index >= 15 is 0 Å². The van der Waals surface area contributed by atoms with Crippen LogP contribution in [-0.2, 0) is 16.1 Å². The molecule has 3 atom stereocenters. The van der Waals surface area contributed by atoms with Crippen LogP contribution in [0.5, 0.6) is 0 Å². The Balaban J connectivity index is 1.40. The molecule has 2 fully saturated rings. The number of hydrogen-bond acceptors (Lipinski definition) is 2. The van der Waals surface area contributed by atoms with Gasteiger partial charge in [-0.1, -0.05) is 30.3 Å². The lowest BCUT2D eigenvalue weighted by Crippen LogP contribution is -1.99. The highest BCUT2D eigenvalue weighted by atomic mass is 16.6. The molecule has 0 bridgehead atoms. The lowest BCUT2D eigenvalue weighted by atomic mass is 10.2. The third kappa shape index (κ3) is 2.58. The minimum atomic E-state index is 0.495. The van der Waals surface area contributed by atoms with E-state index in [1.165, 1.54) is 18.4 Å². The van der Waals surface area contributed by atoms with Crippen molar-refractivity contribution in [1.82, 2.24) is 0 Å². The van der Waals surface area contributed by atoms with Gasteiger partial charge in [-0.3, -0.25) is 0 Å². The topological polar surface area (TPSA) is 21.8 Å². The van der Waals surface area contributed by atoms with Crippen LogP contribution in [0.4, 0.5) is 0 Å². The van der Waals surface area contributed by atoms with Crippen molar-refractivity contribution in [3.05, 3.63) is 35.9 Å². The molecule has 1 heterocycles. The molecule has 0 N–H and O–H groups in total. The Morgan fingerprint density at radius 2 is 2.07 bits per heavy atom. The van der Waals surface area contributed by atoms with Crippen molar-refractivity contribution >= 4 is 0 Å². The van der Waals surface area contributed by atoms with E-state index < -0.39 is 0 Å². The molecule has 1 aromatic rings. The van der Waals surface area contributed by atoms with Crippen LogP contribution in [0.1, 0.15) is 18.4 Å². The first-order chi connectivity index (χ1) is 7.42. The molecule has 3 unspecified atom stereocenters. The van der Waals surface area contributed by atoms with Crippen LogP contribution in [0.25, 0.3) is 0 Å².